The van der Waals surface area contributed by atoms with E-state index < -0.39 is 5.82 Å². The molecule has 1 aliphatic heterocycles. The molecule has 138 valence electrons. The average molecular weight is 357 g/mol. The van der Waals surface area contributed by atoms with E-state index in [1.807, 2.05) is 20.9 Å². The van der Waals surface area contributed by atoms with Gasteiger partial charge < -0.3 is 14.4 Å². The summed E-state index contributed by atoms with van der Waals surface area (Å²) in [5.41, 5.74) is 3.64. The monoisotopic (exact) mass is 357 g/mol. The van der Waals surface area contributed by atoms with Crippen LogP contribution < -0.4 is 0 Å². The van der Waals surface area contributed by atoms with E-state index in [1.165, 1.54) is 18.2 Å². The Morgan fingerprint density at radius 2 is 1.69 bits per heavy atom. The maximum atomic E-state index is 13.3. The Bertz CT molecular complexity index is 836. The SMILES string of the molecule is Cc1cc(CC(=O)N2CCN(C(=O)c3cccc(F)c3)CC2)c(C)n1C. The number of carbonyl (C=O) groups is 2. The van der Waals surface area contributed by atoms with Crippen molar-refractivity contribution in [3.63, 3.8) is 0 Å². The highest BCUT2D eigenvalue weighted by atomic mass is 19.1. The molecular formula is C20H24FN3O2. The number of aromatic nitrogens is 1. The summed E-state index contributed by atoms with van der Waals surface area (Å²) in [6.07, 6.45) is 0.380. The summed E-state index contributed by atoms with van der Waals surface area (Å²) in [5, 5.41) is 0. The number of piperazine rings is 1. The number of aryl methyl sites for hydroxylation is 1. The molecule has 1 saturated heterocycles. The summed E-state index contributed by atoms with van der Waals surface area (Å²) < 4.78 is 15.4. The fourth-order valence-corrected chi connectivity index (χ4v) is 3.35. The first-order chi connectivity index (χ1) is 12.4. The Morgan fingerprint density at radius 1 is 1.04 bits per heavy atom. The smallest absolute Gasteiger partial charge is 0.254 e. The van der Waals surface area contributed by atoms with Crippen LogP contribution in [0, 0.1) is 19.7 Å². The van der Waals surface area contributed by atoms with Crippen LogP contribution in [0.4, 0.5) is 4.39 Å². The van der Waals surface area contributed by atoms with Gasteiger partial charge in [-0.2, -0.15) is 0 Å². The highest BCUT2D eigenvalue weighted by Crippen LogP contribution is 2.16. The summed E-state index contributed by atoms with van der Waals surface area (Å²) in [6, 6.07) is 7.77. The van der Waals surface area contributed by atoms with Crippen LogP contribution in [0.3, 0.4) is 0 Å². The molecule has 3 rings (SSSR count). The molecular weight excluding hydrogens is 333 g/mol. The van der Waals surface area contributed by atoms with Crippen molar-refractivity contribution in [2.75, 3.05) is 26.2 Å². The van der Waals surface area contributed by atoms with Crippen molar-refractivity contribution in [3.05, 3.63) is 58.7 Å². The van der Waals surface area contributed by atoms with Crippen molar-refractivity contribution < 1.29 is 14.0 Å². The van der Waals surface area contributed by atoms with Gasteiger partial charge in [0, 0.05) is 50.2 Å². The van der Waals surface area contributed by atoms with Gasteiger partial charge in [-0.05, 0) is 43.7 Å². The predicted octanol–water partition coefficient (Wildman–Crippen LogP) is 2.31. The van der Waals surface area contributed by atoms with E-state index in [-0.39, 0.29) is 11.8 Å². The molecule has 0 atom stereocenters. The lowest BCUT2D eigenvalue weighted by molar-refractivity contribution is -0.131. The Kier molecular flexibility index (Phi) is 5.11. The second-order valence-corrected chi connectivity index (χ2v) is 6.82. The number of nitrogens with zero attached hydrogens (tertiary/aromatic N) is 3. The topological polar surface area (TPSA) is 45.6 Å². The minimum absolute atomic E-state index is 0.0801. The molecule has 2 heterocycles. The lowest BCUT2D eigenvalue weighted by atomic mass is 10.1. The van der Waals surface area contributed by atoms with E-state index in [0.29, 0.717) is 38.2 Å². The van der Waals surface area contributed by atoms with Crippen LogP contribution >= 0.6 is 0 Å². The van der Waals surface area contributed by atoms with Crippen LogP contribution in [0.1, 0.15) is 27.3 Å². The van der Waals surface area contributed by atoms with E-state index in [2.05, 4.69) is 10.6 Å². The molecule has 1 aromatic heterocycles. The van der Waals surface area contributed by atoms with E-state index in [9.17, 15) is 14.0 Å². The van der Waals surface area contributed by atoms with Gasteiger partial charge in [-0.15, -0.1) is 0 Å². The molecule has 1 aliphatic rings. The lowest BCUT2D eigenvalue weighted by Gasteiger charge is -2.35. The molecule has 2 amide bonds. The molecule has 1 aromatic carbocycles. The zero-order valence-electron chi connectivity index (χ0n) is 15.5. The standard InChI is InChI=1S/C20H24FN3O2/c1-14-11-17(15(2)22(14)3)13-19(25)23-7-9-24(10-8-23)20(26)16-5-4-6-18(21)12-16/h4-6,11-12H,7-10,13H2,1-3H3. The van der Waals surface area contributed by atoms with Gasteiger partial charge in [0.2, 0.25) is 5.91 Å². The van der Waals surface area contributed by atoms with E-state index >= 15 is 0 Å². The average Bonchev–Trinajstić information content (AvgIpc) is 2.88. The van der Waals surface area contributed by atoms with Gasteiger partial charge in [-0.1, -0.05) is 6.07 Å². The lowest BCUT2D eigenvalue weighted by Crippen LogP contribution is -2.51. The Hall–Kier alpha value is -2.63. The zero-order chi connectivity index (χ0) is 18.8. The summed E-state index contributed by atoms with van der Waals surface area (Å²) in [7, 11) is 2.00. The third kappa shape index (κ3) is 3.64. The van der Waals surface area contributed by atoms with E-state index in [4.69, 9.17) is 0 Å². The number of benzene rings is 1. The summed E-state index contributed by atoms with van der Waals surface area (Å²) in [4.78, 5) is 28.5. The van der Waals surface area contributed by atoms with Crippen LogP contribution in [-0.2, 0) is 18.3 Å². The number of carbonyl (C=O) groups excluding carboxylic acids is 2. The maximum Gasteiger partial charge on any atom is 0.254 e. The van der Waals surface area contributed by atoms with Gasteiger partial charge >= 0.3 is 0 Å². The normalized spacial score (nSPS) is 14.6. The third-order valence-corrected chi connectivity index (χ3v) is 5.21. The molecule has 0 bridgehead atoms. The molecule has 26 heavy (non-hydrogen) atoms. The van der Waals surface area contributed by atoms with Gasteiger partial charge in [-0.3, -0.25) is 9.59 Å². The van der Waals surface area contributed by atoms with Crippen molar-refractivity contribution in [2.24, 2.45) is 7.05 Å². The van der Waals surface area contributed by atoms with Crippen molar-refractivity contribution >= 4 is 11.8 Å². The Labute approximate surface area is 153 Å². The largest absolute Gasteiger partial charge is 0.352 e. The Balaban J connectivity index is 1.58. The highest BCUT2D eigenvalue weighted by molar-refractivity contribution is 5.94. The third-order valence-electron chi connectivity index (χ3n) is 5.21. The summed E-state index contributed by atoms with van der Waals surface area (Å²) >= 11 is 0. The molecule has 0 saturated carbocycles. The second kappa shape index (κ2) is 7.32. The van der Waals surface area contributed by atoms with Crippen molar-refractivity contribution in [2.45, 2.75) is 20.3 Å². The summed E-state index contributed by atoms with van der Waals surface area (Å²) in [6.45, 7) is 5.99. The fraction of sp³-hybridized carbons (Fsp3) is 0.400. The van der Waals surface area contributed by atoms with Gasteiger partial charge in [-0.25, -0.2) is 4.39 Å². The minimum atomic E-state index is -0.418. The molecule has 1 fully saturated rings. The molecule has 0 N–H and O–H groups in total. The number of halogens is 1. The number of hydrogen-bond donors (Lipinski definition) is 0. The fourth-order valence-electron chi connectivity index (χ4n) is 3.35. The van der Waals surface area contributed by atoms with E-state index in [0.717, 1.165) is 17.0 Å². The minimum Gasteiger partial charge on any atom is -0.352 e. The van der Waals surface area contributed by atoms with E-state index in [1.54, 1.807) is 15.9 Å². The Morgan fingerprint density at radius 3 is 2.27 bits per heavy atom. The second-order valence-electron chi connectivity index (χ2n) is 6.82. The zero-order valence-corrected chi connectivity index (χ0v) is 15.5. The highest BCUT2D eigenvalue weighted by Gasteiger charge is 2.25. The molecule has 6 heteroatoms. The van der Waals surface area contributed by atoms with Gasteiger partial charge in [0.1, 0.15) is 5.82 Å². The van der Waals surface area contributed by atoms with Crippen molar-refractivity contribution in [3.8, 4) is 0 Å². The van der Waals surface area contributed by atoms with Gasteiger partial charge in [0.05, 0.1) is 6.42 Å². The molecule has 5 nitrogen and oxygen atoms in total. The maximum absolute atomic E-state index is 13.3. The first-order valence-electron chi connectivity index (χ1n) is 8.81. The molecule has 0 unspecified atom stereocenters. The number of hydrogen-bond acceptors (Lipinski definition) is 2. The van der Waals surface area contributed by atoms with Gasteiger partial charge in [0.25, 0.3) is 5.91 Å². The van der Waals surface area contributed by atoms with Crippen LogP contribution in [0.2, 0.25) is 0 Å². The molecule has 0 aliphatic carbocycles. The first-order valence-corrected chi connectivity index (χ1v) is 8.81. The van der Waals surface area contributed by atoms with Gasteiger partial charge in [0.15, 0.2) is 0 Å². The van der Waals surface area contributed by atoms with Crippen LogP contribution in [0.25, 0.3) is 0 Å². The molecule has 0 spiro atoms. The van der Waals surface area contributed by atoms with Crippen molar-refractivity contribution in [1.29, 1.82) is 0 Å². The van der Waals surface area contributed by atoms with Crippen LogP contribution in [-0.4, -0.2) is 52.4 Å². The quantitative estimate of drug-likeness (QED) is 0.846. The molecule has 0 radical (unpaired) electrons. The molecule has 2 aromatic rings. The first kappa shape index (κ1) is 18.2. The predicted molar refractivity (Wildman–Crippen MR) is 97.5 cm³/mol. The summed E-state index contributed by atoms with van der Waals surface area (Å²) in [5.74, 6) is -0.527. The number of amides is 2. The van der Waals surface area contributed by atoms with Crippen molar-refractivity contribution in [1.82, 2.24) is 14.4 Å². The number of rotatable bonds is 3. The van der Waals surface area contributed by atoms with Crippen LogP contribution in [0.15, 0.2) is 30.3 Å². The van der Waals surface area contributed by atoms with Crippen LogP contribution in [0.5, 0.6) is 0 Å².